The van der Waals surface area contributed by atoms with Gasteiger partial charge in [-0.15, -0.1) is 21.5 Å². The van der Waals surface area contributed by atoms with E-state index in [0.717, 1.165) is 40.3 Å². The van der Waals surface area contributed by atoms with Gasteiger partial charge in [-0.3, -0.25) is 9.20 Å². The third-order valence-corrected chi connectivity index (χ3v) is 6.94. The Kier molecular flexibility index (Phi) is 3.82. The minimum absolute atomic E-state index is 0.0104. The SMILES string of the molecule is CC1CCc2c(sc3nc(CSc4nnc5ccccn45)[nH]c(=O)c23)C1. The maximum absolute atomic E-state index is 12.7. The van der Waals surface area contributed by atoms with Crippen molar-refractivity contribution in [1.82, 2.24) is 24.6 Å². The topological polar surface area (TPSA) is 75.9 Å². The summed E-state index contributed by atoms with van der Waals surface area (Å²) < 4.78 is 1.94. The van der Waals surface area contributed by atoms with E-state index in [1.807, 2.05) is 28.8 Å². The van der Waals surface area contributed by atoms with Crippen LogP contribution in [0.5, 0.6) is 0 Å². The second-order valence-electron chi connectivity index (χ2n) is 6.74. The van der Waals surface area contributed by atoms with E-state index in [0.29, 0.717) is 17.5 Å². The Morgan fingerprint density at radius 1 is 1.38 bits per heavy atom. The molecule has 4 aromatic heterocycles. The molecule has 1 aliphatic rings. The molecule has 0 bridgehead atoms. The molecule has 4 aromatic rings. The van der Waals surface area contributed by atoms with Crippen molar-refractivity contribution in [1.29, 1.82) is 0 Å². The standard InChI is InChI=1S/C18H17N5OS2/c1-10-5-6-11-12(8-10)26-17-15(11)16(24)19-13(20-17)9-25-18-22-21-14-4-2-3-7-23(14)18/h2-4,7,10H,5-6,8-9H2,1H3,(H,19,20,24). The number of thioether (sulfide) groups is 1. The number of hydrogen-bond acceptors (Lipinski definition) is 6. The van der Waals surface area contributed by atoms with Crippen molar-refractivity contribution in [2.75, 3.05) is 0 Å². The smallest absolute Gasteiger partial charge is 0.259 e. The molecule has 132 valence electrons. The zero-order chi connectivity index (χ0) is 17.7. The lowest BCUT2D eigenvalue weighted by atomic mass is 9.89. The molecule has 4 heterocycles. The predicted octanol–water partition coefficient (Wildman–Crippen LogP) is 3.44. The van der Waals surface area contributed by atoms with E-state index in [2.05, 4.69) is 22.1 Å². The first kappa shape index (κ1) is 16.0. The van der Waals surface area contributed by atoms with E-state index < -0.39 is 0 Å². The Labute approximate surface area is 157 Å². The molecule has 1 atom stereocenters. The fraction of sp³-hybridized carbons (Fsp3) is 0.333. The van der Waals surface area contributed by atoms with Gasteiger partial charge in [0.15, 0.2) is 10.8 Å². The van der Waals surface area contributed by atoms with Crippen molar-refractivity contribution >= 4 is 39.0 Å². The zero-order valence-electron chi connectivity index (χ0n) is 14.2. The summed E-state index contributed by atoms with van der Waals surface area (Å²) in [6.45, 7) is 2.27. The molecule has 1 aliphatic carbocycles. The van der Waals surface area contributed by atoms with E-state index in [9.17, 15) is 4.79 Å². The molecule has 5 rings (SSSR count). The molecule has 0 saturated heterocycles. The molecule has 0 aliphatic heterocycles. The summed E-state index contributed by atoms with van der Waals surface area (Å²) in [5.74, 6) is 1.93. The molecule has 0 fully saturated rings. The summed E-state index contributed by atoms with van der Waals surface area (Å²) in [5, 5.41) is 9.96. The highest BCUT2D eigenvalue weighted by molar-refractivity contribution is 7.98. The summed E-state index contributed by atoms with van der Waals surface area (Å²) in [5.41, 5.74) is 2.02. The molecule has 26 heavy (non-hydrogen) atoms. The van der Waals surface area contributed by atoms with Gasteiger partial charge in [-0.2, -0.15) is 0 Å². The largest absolute Gasteiger partial charge is 0.309 e. The summed E-state index contributed by atoms with van der Waals surface area (Å²) >= 11 is 3.21. The quantitative estimate of drug-likeness (QED) is 0.549. The Balaban J connectivity index is 1.47. The number of fused-ring (bicyclic) bond motifs is 4. The fourth-order valence-electron chi connectivity index (χ4n) is 3.51. The molecule has 0 aromatic carbocycles. The summed E-state index contributed by atoms with van der Waals surface area (Å²) in [7, 11) is 0. The van der Waals surface area contributed by atoms with Crippen LogP contribution in [0, 0.1) is 5.92 Å². The van der Waals surface area contributed by atoms with Gasteiger partial charge in [0.25, 0.3) is 5.56 Å². The fourth-order valence-corrected chi connectivity index (χ4v) is 5.71. The molecule has 0 radical (unpaired) electrons. The molecular weight excluding hydrogens is 366 g/mol. The van der Waals surface area contributed by atoms with Gasteiger partial charge >= 0.3 is 0 Å². The van der Waals surface area contributed by atoms with Crippen LogP contribution >= 0.6 is 23.1 Å². The Bertz CT molecular complexity index is 1180. The molecule has 0 saturated carbocycles. The van der Waals surface area contributed by atoms with E-state index in [1.165, 1.54) is 22.2 Å². The van der Waals surface area contributed by atoms with Gasteiger partial charge in [0, 0.05) is 11.1 Å². The molecule has 0 amide bonds. The van der Waals surface area contributed by atoms with Crippen molar-refractivity contribution in [2.45, 2.75) is 37.1 Å². The van der Waals surface area contributed by atoms with Crippen LogP contribution in [0.2, 0.25) is 0 Å². The number of pyridine rings is 1. The average molecular weight is 384 g/mol. The van der Waals surface area contributed by atoms with Crippen LogP contribution < -0.4 is 5.56 Å². The van der Waals surface area contributed by atoms with Crippen LogP contribution in [0.15, 0.2) is 34.3 Å². The van der Waals surface area contributed by atoms with Crippen LogP contribution in [0.1, 0.15) is 29.6 Å². The first-order valence-corrected chi connectivity index (χ1v) is 10.5. The van der Waals surface area contributed by atoms with Gasteiger partial charge < -0.3 is 4.98 Å². The number of nitrogens with zero attached hydrogens (tertiary/aromatic N) is 4. The van der Waals surface area contributed by atoms with E-state index in [-0.39, 0.29) is 5.56 Å². The van der Waals surface area contributed by atoms with Crippen LogP contribution in [0.25, 0.3) is 15.9 Å². The van der Waals surface area contributed by atoms with Gasteiger partial charge in [-0.1, -0.05) is 24.8 Å². The van der Waals surface area contributed by atoms with Crippen LogP contribution in [0.3, 0.4) is 0 Å². The summed E-state index contributed by atoms with van der Waals surface area (Å²) in [6.07, 6.45) is 5.13. The monoisotopic (exact) mass is 383 g/mol. The number of aryl methyl sites for hydroxylation is 1. The lowest BCUT2D eigenvalue weighted by Crippen LogP contribution is -2.14. The van der Waals surface area contributed by atoms with Gasteiger partial charge in [-0.05, 0) is 42.9 Å². The maximum Gasteiger partial charge on any atom is 0.259 e. The van der Waals surface area contributed by atoms with Crippen LogP contribution in [-0.2, 0) is 18.6 Å². The van der Waals surface area contributed by atoms with E-state index in [4.69, 9.17) is 4.98 Å². The van der Waals surface area contributed by atoms with Crippen LogP contribution in [0.4, 0.5) is 0 Å². The highest BCUT2D eigenvalue weighted by Crippen LogP contribution is 2.35. The zero-order valence-corrected chi connectivity index (χ0v) is 15.9. The Morgan fingerprint density at radius 2 is 2.31 bits per heavy atom. The lowest BCUT2D eigenvalue weighted by molar-refractivity contribution is 0.509. The second-order valence-corrected chi connectivity index (χ2v) is 8.77. The minimum atomic E-state index is -0.0104. The number of thiophene rings is 1. The lowest BCUT2D eigenvalue weighted by Gasteiger charge is -2.17. The average Bonchev–Trinajstić information content (AvgIpc) is 3.20. The van der Waals surface area contributed by atoms with Gasteiger partial charge in [-0.25, -0.2) is 4.98 Å². The molecule has 0 spiro atoms. The third-order valence-electron chi connectivity index (χ3n) is 4.83. The molecule has 1 N–H and O–H groups in total. The van der Waals surface area contributed by atoms with E-state index >= 15 is 0 Å². The minimum Gasteiger partial charge on any atom is -0.309 e. The van der Waals surface area contributed by atoms with Crippen molar-refractivity contribution in [3.63, 3.8) is 0 Å². The van der Waals surface area contributed by atoms with Crippen molar-refractivity contribution in [2.24, 2.45) is 5.92 Å². The Morgan fingerprint density at radius 3 is 3.23 bits per heavy atom. The summed E-state index contributed by atoms with van der Waals surface area (Å²) in [6, 6.07) is 5.80. The normalized spacial score (nSPS) is 17.0. The highest BCUT2D eigenvalue weighted by atomic mass is 32.2. The molecule has 1 unspecified atom stereocenters. The number of rotatable bonds is 3. The first-order valence-electron chi connectivity index (χ1n) is 8.65. The molecule has 6 nitrogen and oxygen atoms in total. The van der Waals surface area contributed by atoms with Crippen molar-refractivity contribution in [3.8, 4) is 0 Å². The number of hydrogen-bond donors (Lipinski definition) is 1. The first-order chi connectivity index (χ1) is 12.7. The third kappa shape index (κ3) is 2.64. The second kappa shape index (κ2) is 6.21. The van der Waals surface area contributed by atoms with Crippen LogP contribution in [-0.4, -0.2) is 24.6 Å². The van der Waals surface area contributed by atoms with Gasteiger partial charge in [0.1, 0.15) is 10.7 Å². The molecular formula is C18H17N5OS2. The van der Waals surface area contributed by atoms with Gasteiger partial charge in [0.2, 0.25) is 0 Å². The van der Waals surface area contributed by atoms with E-state index in [1.54, 1.807) is 11.3 Å². The predicted molar refractivity (Wildman–Crippen MR) is 104 cm³/mol. The molecule has 8 heteroatoms. The number of aromatic nitrogens is 5. The van der Waals surface area contributed by atoms with Gasteiger partial charge in [0.05, 0.1) is 11.1 Å². The highest BCUT2D eigenvalue weighted by Gasteiger charge is 2.23. The number of H-pyrrole nitrogens is 1. The number of nitrogens with one attached hydrogen (secondary N) is 1. The Hall–Kier alpha value is -2.19. The van der Waals surface area contributed by atoms with Crippen molar-refractivity contribution < 1.29 is 0 Å². The number of aromatic amines is 1. The van der Waals surface area contributed by atoms with Crippen molar-refractivity contribution in [3.05, 3.63) is 51.0 Å². The summed E-state index contributed by atoms with van der Waals surface area (Å²) in [4.78, 5) is 22.6. The maximum atomic E-state index is 12.7.